The quantitative estimate of drug-likeness (QED) is 0.580. The van der Waals surface area contributed by atoms with Crippen molar-refractivity contribution >= 4 is 17.5 Å². The molecule has 1 aromatic carbocycles. The molecular weight excluding hydrogens is 411 g/mol. The van der Waals surface area contributed by atoms with E-state index in [1.54, 1.807) is 14.1 Å². The maximum Gasteiger partial charge on any atom is 0.254 e. The number of fused-ring (bicyclic) bond motifs is 8. The number of nitrogen functional groups attached to an aromatic ring is 1. The van der Waals surface area contributed by atoms with E-state index in [9.17, 15) is 14.4 Å². The van der Waals surface area contributed by atoms with Crippen molar-refractivity contribution < 1.29 is 9.18 Å². The standard InChI is InChI=1S/C22H21FN8O/c1-29-11-16-19(18(9-24)30(2)28-16)15-10-26-20(25)21(27-15)31-7-3-4-17(31)14-8-12(23)5-6-13(14)22(29)32/h5-6,8,10,17H,3-4,7,11H2,1-2H3,(H2,25,26)/t17-/m1/s1. The van der Waals surface area contributed by atoms with Crippen LogP contribution in [0, 0.1) is 17.1 Å². The molecule has 0 aliphatic carbocycles. The molecule has 9 nitrogen and oxygen atoms in total. The fraction of sp³-hybridized carbons (Fsp3) is 0.318. The third-order valence-corrected chi connectivity index (χ3v) is 6.12. The second-order valence-electron chi connectivity index (χ2n) is 8.11. The highest BCUT2D eigenvalue weighted by molar-refractivity contribution is 5.96. The van der Waals surface area contributed by atoms with Crippen molar-refractivity contribution in [2.75, 3.05) is 24.2 Å². The van der Waals surface area contributed by atoms with E-state index in [0.717, 1.165) is 12.8 Å². The Morgan fingerprint density at radius 1 is 1.31 bits per heavy atom. The monoisotopic (exact) mass is 432 g/mol. The minimum Gasteiger partial charge on any atom is -0.381 e. The maximum absolute atomic E-state index is 14.3. The van der Waals surface area contributed by atoms with Gasteiger partial charge >= 0.3 is 0 Å². The number of hydrogen-bond donors (Lipinski definition) is 1. The van der Waals surface area contributed by atoms with Crippen molar-refractivity contribution in [2.45, 2.75) is 25.4 Å². The van der Waals surface area contributed by atoms with Gasteiger partial charge in [0.15, 0.2) is 11.6 Å². The smallest absolute Gasteiger partial charge is 0.254 e. The number of carbonyl (C=O) groups excluding carboxylic acids is 1. The average molecular weight is 432 g/mol. The van der Waals surface area contributed by atoms with Crippen LogP contribution in [0.2, 0.25) is 0 Å². The summed E-state index contributed by atoms with van der Waals surface area (Å²) < 4.78 is 15.7. The highest BCUT2D eigenvalue weighted by atomic mass is 19.1. The average Bonchev–Trinajstić information content (AvgIpc) is 3.37. The van der Waals surface area contributed by atoms with Crippen molar-refractivity contribution in [3.05, 3.63) is 52.7 Å². The highest BCUT2D eigenvalue weighted by Crippen LogP contribution is 2.40. The zero-order valence-corrected chi connectivity index (χ0v) is 17.7. The van der Waals surface area contributed by atoms with Crippen molar-refractivity contribution in [1.82, 2.24) is 24.6 Å². The van der Waals surface area contributed by atoms with Gasteiger partial charge in [0.1, 0.15) is 17.6 Å². The van der Waals surface area contributed by atoms with E-state index in [1.165, 1.54) is 34.0 Å². The van der Waals surface area contributed by atoms with Crippen LogP contribution < -0.4 is 10.6 Å². The number of aromatic nitrogens is 4. The number of nitrogens with zero attached hydrogens (tertiary/aromatic N) is 7. The molecule has 1 atom stereocenters. The molecule has 10 heteroatoms. The molecule has 2 N–H and O–H groups in total. The molecule has 5 rings (SSSR count). The molecule has 0 radical (unpaired) electrons. The third-order valence-electron chi connectivity index (χ3n) is 6.12. The van der Waals surface area contributed by atoms with Crippen LogP contribution in [0.3, 0.4) is 0 Å². The van der Waals surface area contributed by atoms with E-state index in [-0.39, 0.29) is 24.3 Å². The first-order valence-electron chi connectivity index (χ1n) is 10.3. The van der Waals surface area contributed by atoms with Crippen LogP contribution in [-0.4, -0.2) is 44.1 Å². The molecule has 1 fully saturated rings. The predicted molar refractivity (Wildman–Crippen MR) is 115 cm³/mol. The number of aryl methyl sites for hydroxylation is 1. The van der Waals surface area contributed by atoms with Gasteiger partial charge in [-0.25, -0.2) is 14.4 Å². The summed E-state index contributed by atoms with van der Waals surface area (Å²) in [7, 11) is 3.34. The minimum absolute atomic E-state index is 0.149. The van der Waals surface area contributed by atoms with E-state index in [0.29, 0.717) is 46.1 Å². The lowest BCUT2D eigenvalue weighted by molar-refractivity contribution is 0.0781. The van der Waals surface area contributed by atoms with Crippen molar-refractivity contribution in [3.8, 4) is 17.3 Å². The third kappa shape index (κ3) is 2.97. The molecule has 32 heavy (non-hydrogen) atoms. The molecule has 2 aromatic heterocycles. The lowest BCUT2D eigenvalue weighted by atomic mass is 9.96. The first kappa shape index (κ1) is 19.9. The number of rotatable bonds is 0. The molecule has 2 bridgehead atoms. The van der Waals surface area contributed by atoms with Gasteiger partial charge in [-0.15, -0.1) is 0 Å². The molecule has 4 heterocycles. The molecule has 0 unspecified atom stereocenters. The van der Waals surface area contributed by atoms with Crippen LogP contribution in [-0.2, 0) is 13.6 Å². The van der Waals surface area contributed by atoms with E-state index in [1.807, 2.05) is 4.90 Å². The lowest BCUT2D eigenvalue weighted by Gasteiger charge is -2.30. The zero-order valence-electron chi connectivity index (χ0n) is 17.7. The van der Waals surface area contributed by atoms with Gasteiger partial charge in [-0.05, 0) is 36.6 Å². The summed E-state index contributed by atoms with van der Waals surface area (Å²) >= 11 is 0. The Morgan fingerprint density at radius 2 is 2.12 bits per heavy atom. The van der Waals surface area contributed by atoms with Crippen LogP contribution in [0.25, 0.3) is 11.3 Å². The number of halogens is 1. The van der Waals surface area contributed by atoms with Crippen LogP contribution in [0.1, 0.15) is 46.2 Å². The highest BCUT2D eigenvalue weighted by Gasteiger charge is 2.34. The van der Waals surface area contributed by atoms with Crippen LogP contribution in [0.15, 0.2) is 24.4 Å². The van der Waals surface area contributed by atoms with E-state index >= 15 is 0 Å². The Labute approximate surface area is 183 Å². The van der Waals surface area contributed by atoms with Gasteiger partial charge in [-0.1, -0.05) is 0 Å². The molecule has 0 saturated carbocycles. The number of nitrogens with two attached hydrogens (primary N) is 1. The van der Waals surface area contributed by atoms with Crippen LogP contribution in [0.5, 0.6) is 0 Å². The Hall–Kier alpha value is -4.00. The first-order valence-corrected chi connectivity index (χ1v) is 10.3. The van der Waals surface area contributed by atoms with E-state index < -0.39 is 5.82 Å². The number of carbonyl (C=O) groups is 1. The van der Waals surface area contributed by atoms with Gasteiger partial charge in [-0.2, -0.15) is 10.4 Å². The second-order valence-corrected chi connectivity index (χ2v) is 8.11. The summed E-state index contributed by atoms with van der Waals surface area (Å²) in [6.07, 6.45) is 3.07. The van der Waals surface area contributed by atoms with E-state index in [4.69, 9.17) is 10.7 Å². The van der Waals surface area contributed by atoms with Gasteiger partial charge in [0.25, 0.3) is 5.91 Å². The summed E-state index contributed by atoms with van der Waals surface area (Å²) in [4.78, 5) is 26.1. The summed E-state index contributed by atoms with van der Waals surface area (Å²) in [5, 5.41) is 14.2. The summed E-state index contributed by atoms with van der Waals surface area (Å²) in [5.74, 6) is 0.0465. The second kappa shape index (κ2) is 7.30. The molecule has 1 saturated heterocycles. The lowest BCUT2D eigenvalue weighted by Crippen LogP contribution is -2.31. The number of nitriles is 1. The number of benzene rings is 1. The van der Waals surface area contributed by atoms with Gasteiger partial charge in [0.2, 0.25) is 0 Å². The fourth-order valence-corrected chi connectivity index (χ4v) is 4.66. The number of amides is 1. The molecule has 162 valence electrons. The van der Waals surface area contributed by atoms with Gasteiger partial charge in [-0.3, -0.25) is 9.48 Å². The summed E-state index contributed by atoms with van der Waals surface area (Å²) in [6.45, 7) is 0.786. The summed E-state index contributed by atoms with van der Waals surface area (Å²) in [6, 6.07) is 6.15. The Morgan fingerprint density at radius 3 is 2.91 bits per heavy atom. The van der Waals surface area contributed by atoms with Gasteiger partial charge in [0.05, 0.1) is 35.7 Å². The Kier molecular flexibility index (Phi) is 4.55. The number of anilines is 2. The van der Waals surface area contributed by atoms with Gasteiger partial charge < -0.3 is 15.5 Å². The Bertz CT molecular complexity index is 1290. The molecule has 0 spiro atoms. The molecule has 2 aliphatic heterocycles. The molecule has 3 aromatic rings. The minimum atomic E-state index is -0.406. The molecule has 2 aliphatic rings. The molecular formula is C22H21FN8O. The maximum atomic E-state index is 14.3. The Balaban J connectivity index is 1.81. The normalized spacial score (nSPS) is 17.7. The van der Waals surface area contributed by atoms with E-state index in [2.05, 4.69) is 16.2 Å². The van der Waals surface area contributed by atoms with Crippen LogP contribution >= 0.6 is 0 Å². The summed E-state index contributed by atoms with van der Waals surface area (Å²) in [5.41, 5.74) is 9.07. The molecule has 1 amide bonds. The van der Waals surface area contributed by atoms with Crippen LogP contribution in [0.4, 0.5) is 16.0 Å². The fourth-order valence-electron chi connectivity index (χ4n) is 4.66. The van der Waals surface area contributed by atoms with Gasteiger partial charge in [0, 0.05) is 26.2 Å². The largest absolute Gasteiger partial charge is 0.381 e. The first-order chi connectivity index (χ1) is 15.4. The predicted octanol–water partition coefficient (Wildman–Crippen LogP) is 2.40. The number of hydrogen-bond acceptors (Lipinski definition) is 7. The van der Waals surface area contributed by atoms with Crippen molar-refractivity contribution in [3.63, 3.8) is 0 Å². The van der Waals surface area contributed by atoms with Crippen molar-refractivity contribution in [2.24, 2.45) is 7.05 Å². The van der Waals surface area contributed by atoms with Crippen molar-refractivity contribution in [1.29, 1.82) is 5.26 Å². The SMILES string of the molecule is CN1Cc2nn(C)c(C#N)c2-c2cnc(N)c(n2)N2CCC[C@@H]2c2cc(F)ccc2C1=O. The topological polar surface area (TPSA) is 117 Å². The zero-order chi connectivity index (χ0) is 22.6.